The Morgan fingerprint density at radius 1 is 1.56 bits per heavy atom. The lowest BCUT2D eigenvalue weighted by Crippen LogP contribution is -1.99. The first-order chi connectivity index (χ1) is 7.65. The standard InChI is InChI=1S/C11H9FN2O2/c12-5-1-2-8-9(3-5)14-10(13-8)6-4-7(6)11(15)16/h1-3,6-7H,4H2,(H,13,14)(H,15,16). The number of fused-ring (bicyclic) bond motifs is 1. The zero-order valence-electron chi connectivity index (χ0n) is 8.27. The summed E-state index contributed by atoms with van der Waals surface area (Å²) in [5.74, 6) is -0.876. The molecule has 1 aliphatic rings. The molecule has 1 aliphatic carbocycles. The summed E-state index contributed by atoms with van der Waals surface area (Å²) in [5.41, 5.74) is 1.29. The Labute approximate surface area is 90.1 Å². The number of rotatable bonds is 2. The molecule has 82 valence electrons. The van der Waals surface area contributed by atoms with Crippen LogP contribution in [-0.2, 0) is 4.79 Å². The van der Waals surface area contributed by atoms with Crippen molar-refractivity contribution in [2.24, 2.45) is 5.92 Å². The fraction of sp³-hybridized carbons (Fsp3) is 0.273. The number of carboxylic acid groups (broad SMARTS) is 1. The van der Waals surface area contributed by atoms with Gasteiger partial charge in [-0.25, -0.2) is 9.37 Å². The molecule has 3 rings (SSSR count). The van der Waals surface area contributed by atoms with Crippen molar-refractivity contribution in [3.8, 4) is 0 Å². The van der Waals surface area contributed by atoms with Crippen LogP contribution in [0.5, 0.6) is 0 Å². The maximum atomic E-state index is 12.9. The second-order valence-electron chi connectivity index (χ2n) is 4.07. The normalized spacial score (nSPS) is 23.6. The highest BCUT2D eigenvalue weighted by Gasteiger charge is 2.46. The first kappa shape index (κ1) is 9.33. The summed E-state index contributed by atoms with van der Waals surface area (Å²) in [6, 6.07) is 4.30. The molecular weight excluding hydrogens is 211 g/mol. The first-order valence-corrected chi connectivity index (χ1v) is 5.03. The van der Waals surface area contributed by atoms with Crippen molar-refractivity contribution in [3.05, 3.63) is 29.8 Å². The van der Waals surface area contributed by atoms with E-state index in [1.165, 1.54) is 12.1 Å². The van der Waals surface area contributed by atoms with Crippen molar-refractivity contribution in [1.82, 2.24) is 9.97 Å². The Bertz CT molecular complexity index is 578. The lowest BCUT2D eigenvalue weighted by Gasteiger charge is -1.89. The summed E-state index contributed by atoms with van der Waals surface area (Å²) in [5, 5.41) is 8.80. The first-order valence-electron chi connectivity index (χ1n) is 5.03. The van der Waals surface area contributed by atoms with Crippen LogP contribution in [0.3, 0.4) is 0 Å². The average Bonchev–Trinajstić information content (AvgIpc) is 2.93. The SMILES string of the molecule is O=C(O)C1CC1c1nc2cc(F)ccc2[nH]1. The van der Waals surface area contributed by atoms with Crippen molar-refractivity contribution in [3.63, 3.8) is 0 Å². The molecule has 1 aromatic carbocycles. The minimum absolute atomic E-state index is 0.0482. The number of aromatic amines is 1. The van der Waals surface area contributed by atoms with Gasteiger partial charge in [-0.15, -0.1) is 0 Å². The Morgan fingerprint density at radius 3 is 3.06 bits per heavy atom. The fourth-order valence-corrected chi connectivity index (χ4v) is 1.94. The highest BCUT2D eigenvalue weighted by atomic mass is 19.1. The van der Waals surface area contributed by atoms with Gasteiger partial charge in [-0.05, 0) is 18.6 Å². The summed E-state index contributed by atoms with van der Waals surface area (Å²) in [4.78, 5) is 18.0. The number of nitrogens with one attached hydrogen (secondary N) is 1. The van der Waals surface area contributed by atoms with E-state index < -0.39 is 5.97 Å². The van der Waals surface area contributed by atoms with Crippen LogP contribution in [0, 0.1) is 11.7 Å². The quantitative estimate of drug-likeness (QED) is 0.812. The molecule has 16 heavy (non-hydrogen) atoms. The van der Waals surface area contributed by atoms with E-state index in [2.05, 4.69) is 9.97 Å². The highest BCUT2D eigenvalue weighted by molar-refractivity contribution is 5.77. The molecule has 1 aromatic heterocycles. The van der Waals surface area contributed by atoms with Crippen LogP contribution in [0.2, 0.25) is 0 Å². The van der Waals surface area contributed by atoms with Crippen molar-refractivity contribution < 1.29 is 14.3 Å². The van der Waals surface area contributed by atoms with Crippen molar-refractivity contribution in [1.29, 1.82) is 0 Å². The molecule has 2 atom stereocenters. The van der Waals surface area contributed by atoms with Gasteiger partial charge in [-0.3, -0.25) is 4.79 Å². The van der Waals surface area contributed by atoms with Gasteiger partial charge in [0.2, 0.25) is 0 Å². The molecule has 5 heteroatoms. The van der Waals surface area contributed by atoms with Crippen LogP contribution >= 0.6 is 0 Å². The van der Waals surface area contributed by atoms with E-state index in [4.69, 9.17) is 5.11 Å². The van der Waals surface area contributed by atoms with Crippen molar-refractivity contribution in [2.45, 2.75) is 12.3 Å². The Morgan fingerprint density at radius 2 is 2.38 bits per heavy atom. The topological polar surface area (TPSA) is 66.0 Å². The van der Waals surface area contributed by atoms with Gasteiger partial charge in [0.1, 0.15) is 11.6 Å². The lowest BCUT2D eigenvalue weighted by molar-refractivity contribution is -0.138. The highest BCUT2D eigenvalue weighted by Crippen LogP contribution is 2.46. The third-order valence-corrected chi connectivity index (χ3v) is 2.92. The molecule has 4 nitrogen and oxygen atoms in total. The van der Waals surface area contributed by atoms with E-state index in [0.717, 1.165) is 5.52 Å². The van der Waals surface area contributed by atoms with Crippen molar-refractivity contribution in [2.75, 3.05) is 0 Å². The molecule has 0 aliphatic heterocycles. The Kier molecular flexibility index (Phi) is 1.77. The maximum absolute atomic E-state index is 12.9. The summed E-state index contributed by atoms with van der Waals surface area (Å²) >= 11 is 0. The number of aromatic nitrogens is 2. The summed E-state index contributed by atoms with van der Waals surface area (Å²) in [7, 11) is 0. The smallest absolute Gasteiger partial charge is 0.307 e. The third-order valence-electron chi connectivity index (χ3n) is 2.92. The van der Waals surface area contributed by atoms with Gasteiger partial charge in [-0.2, -0.15) is 0 Å². The number of nitrogens with zero attached hydrogens (tertiary/aromatic N) is 1. The minimum atomic E-state index is -0.795. The number of carbonyl (C=O) groups is 1. The van der Waals surface area contributed by atoms with Gasteiger partial charge < -0.3 is 10.1 Å². The predicted octanol–water partition coefficient (Wildman–Crippen LogP) is 1.89. The van der Waals surface area contributed by atoms with Crippen LogP contribution in [0.1, 0.15) is 18.2 Å². The molecular formula is C11H9FN2O2. The van der Waals surface area contributed by atoms with E-state index in [1.54, 1.807) is 6.07 Å². The number of aliphatic carboxylic acids is 1. The molecule has 2 N–H and O–H groups in total. The van der Waals surface area contributed by atoms with Crippen LogP contribution in [-0.4, -0.2) is 21.0 Å². The number of carboxylic acids is 1. The summed E-state index contributed by atoms with van der Waals surface area (Å²) in [6.07, 6.45) is 0.609. The van der Waals surface area contributed by atoms with Gasteiger partial charge >= 0.3 is 5.97 Å². The molecule has 1 saturated carbocycles. The molecule has 0 radical (unpaired) electrons. The molecule has 2 aromatic rings. The van der Waals surface area contributed by atoms with E-state index in [1.807, 2.05) is 0 Å². The molecule has 1 fully saturated rings. The van der Waals surface area contributed by atoms with Gasteiger partial charge in [0.25, 0.3) is 0 Å². The lowest BCUT2D eigenvalue weighted by atomic mass is 10.3. The molecule has 0 amide bonds. The fourth-order valence-electron chi connectivity index (χ4n) is 1.94. The monoisotopic (exact) mass is 220 g/mol. The minimum Gasteiger partial charge on any atom is -0.481 e. The molecule has 0 bridgehead atoms. The zero-order chi connectivity index (χ0) is 11.3. The van der Waals surface area contributed by atoms with Gasteiger partial charge in [-0.1, -0.05) is 0 Å². The molecule has 0 saturated heterocycles. The second kappa shape index (κ2) is 3.04. The van der Waals surface area contributed by atoms with Crippen LogP contribution in [0.4, 0.5) is 4.39 Å². The van der Waals surface area contributed by atoms with Crippen LogP contribution < -0.4 is 0 Å². The number of hydrogen-bond donors (Lipinski definition) is 2. The van der Waals surface area contributed by atoms with Crippen LogP contribution in [0.15, 0.2) is 18.2 Å². The van der Waals surface area contributed by atoms with E-state index >= 15 is 0 Å². The Balaban J connectivity index is 1.98. The average molecular weight is 220 g/mol. The number of H-pyrrole nitrogens is 1. The van der Waals surface area contributed by atoms with Gasteiger partial charge in [0.15, 0.2) is 0 Å². The third kappa shape index (κ3) is 1.36. The number of halogens is 1. The van der Waals surface area contributed by atoms with E-state index in [0.29, 0.717) is 17.8 Å². The van der Waals surface area contributed by atoms with E-state index in [-0.39, 0.29) is 17.7 Å². The molecule has 2 unspecified atom stereocenters. The zero-order valence-corrected chi connectivity index (χ0v) is 8.27. The maximum Gasteiger partial charge on any atom is 0.307 e. The number of benzene rings is 1. The van der Waals surface area contributed by atoms with Crippen molar-refractivity contribution >= 4 is 17.0 Å². The number of hydrogen-bond acceptors (Lipinski definition) is 2. The van der Waals surface area contributed by atoms with Gasteiger partial charge in [0, 0.05) is 12.0 Å². The summed E-state index contributed by atoms with van der Waals surface area (Å²) < 4.78 is 12.9. The Hall–Kier alpha value is -1.91. The van der Waals surface area contributed by atoms with Crippen LogP contribution in [0.25, 0.3) is 11.0 Å². The molecule has 0 spiro atoms. The second-order valence-corrected chi connectivity index (χ2v) is 4.07. The molecule has 1 heterocycles. The van der Waals surface area contributed by atoms with E-state index in [9.17, 15) is 9.18 Å². The largest absolute Gasteiger partial charge is 0.481 e. The predicted molar refractivity (Wildman–Crippen MR) is 54.5 cm³/mol. The number of imidazole rings is 1. The summed E-state index contributed by atoms with van der Waals surface area (Å²) in [6.45, 7) is 0. The van der Waals surface area contributed by atoms with Gasteiger partial charge in [0.05, 0.1) is 17.0 Å².